The Hall–Kier alpha value is -1.10. The first kappa shape index (κ1) is 17.3. The van der Waals surface area contributed by atoms with Gasteiger partial charge in [0.15, 0.2) is 0 Å². The van der Waals surface area contributed by atoms with E-state index in [9.17, 15) is 9.59 Å². The Balaban J connectivity index is 1.75. The van der Waals surface area contributed by atoms with E-state index in [4.69, 9.17) is 4.74 Å². The normalized spacial score (nSPS) is 20.8. The van der Waals surface area contributed by atoms with Crippen molar-refractivity contribution in [1.82, 2.24) is 9.80 Å². The summed E-state index contributed by atoms with van der Waals surface area (Å²) in [5.41, 5.74) is 0. The van der Waals surface area contributed by atoms with Crippen LogP contribution in [-0.4, -0.2) is 60.5 Å². The monoisotopic (exact) mass is 310 g/mol. The molecule has 126 valence electrons. The van der Waals surface area contributed by atoms with Gasteiger partial charge in [0.05, 0.1) is 6.61 Å². The highest BCUT2D eigenvalue weighted by atomic mass is 16.5. The Morgan fingerprint density at radius 1 is 1.14 bits per heavy atom. The third-order valence-electron chi connectivity index (χ3n) is 4.86. The number of carbonyl (C=O) groups excluding carboxylic acids is 2. The summed E-state index contributed by atoms with van der Waals surface area (Å²) in [7, 11) is 0. The van der Waals surface area contributed by atoms with Gasteiger partial charge in [-0.15, -0.1) is 0 Å². The summed E-state index contributed by atoms with van der Waals surface area (Å²) in [5, 5.41) is 0. The highest BCUT2D eigenvalue weighted by Crippen LogP contribution is 2.29. The number of likely N-dealkylation sites (tertiary alicyclic amines) is 1. The van der Waals surface area contributed by atoms with E-state index in [-0.39, 0.29) is 23.8 Å². The van der Waals surface area contributed by atoms with E-state index >= 15 is 0 Å². The van der Waals surface area contributed by atoms with Gasteiger partial charge in [-0.1, -0.05) is 0 Å². The molecule has 2 fully saturated rings. The minimum absolute atomic E-state index is 0.0756. The number of carbonyl (C=O) groups is 2. The summed E-state index contributed by atoms with van der Waals surface area (Å²) >= 11 is 0. The molecule has 0 bridgehead atoms. The zero-order chi connectivity index (χ0) is 16.1. The molecule has 1 heterocycles. The number of hydrogen-bond donors (Lipinski definition) is 0. The summed E-state index contributed by atoms with van der Waals surface area (Å²) in [6, 6.07) is 0. The molecule has 0 unspecified atom stereocenters. The smallest absolute Gasteiger partial charge is 0.251 e. The van der Waals surface area contributed by atoms with Crippen molar-refractivity contribution in [1.29, 1.82) is 0 Å². The second kappa shape index (κ2) is 7.95. The first-order valence-corrected chi connectivity index (χ1v) is 8.75. The van der Waals surface area contributed by atoms with E-state index in [0.29, 0.717) is 25.6 Å². The number of amides is 2. The van der Waals surface area contributed by atoms with E-state index in [2.05, 4.69) is 0 Å². The van der Waals surface area contributed by atoms with Gasteiger partial charge in [-0.25, -0.2) is 0 Å². The van der Waals surface area contributed by atoms with Crippen LogP contribution in [0.15, 0.2) is 0 Å². The maximum Gasteiger partial charge on any atom is 0.251 e. The Kier molecular flexibility index (Phi) is 6.24. The van der Waals surface area contributed by atoms with Crippen LogP contribution in [0.5, 0.6) is 0 Å². The Morgan fingerprint density at radius 3 is 2.23 bits per heavy atom. The Bertz CT molecular complexity index is 383. The van der Waals surface area contributed by atoms with Crippen molar-refractivity contribution in [2.45, 2.75) is 52.6 Å². The van der Waals surface area contributed by atoms with Crippen LogP contribution in [0.1, 0.15) is 46.5 Å². The van der Waals surface area contributed by atoms with Crippen LogP contribution >= 0.6 is 0 Å². The Labute approximate surface area is 134 Å². The van der Waals surface area contributed by atoms with Gasteiger partial charge in [0.2, 0.25) is 5.91 Å². The number of nitrogens with zero attached hydrogens (tertiary/aromatic N) is 2. The molecule has 0 aromatic carbocycles. The average molecular weight is 310 g/mol. The Morgan fingerprint density at radius 2 is 1.73 bits per heavy atom. The molecule has 0 aromatic rings. The number of hydrogen-bond acceptors (Lipinski definition) is 3. The van der Waals surface area contributed by atoms with Crippen molar-refractivity contribution in [2.24, 2.45) is 11.8 Å². The summed E-state index contributed by atoms with van der Waals surface area (Å²) in [6.45, 7) is 9.46. The topological polar surface area (TPSA) is 49.9 Å². The fraction of sp³-hybridized carbons (Fsp3) is 0.882. The predicted molar refractivity (Wildman–Crippen MR) is 85.4 cm³/mol. The molecule has 0 radical (unpaired) electrons. The van der Waals surface area contributed by atoms with E-state index in [1.807, 2.05) is 30.6 Å². The van der Waals surface area contributed by atoms with E-state index in [0.717, 1.165) is 25.9 Å². The molecule has 0 spiro atoms. The van der Waals surface area contributed by atoms with Crippen LogP contribution in [0.2, 0.25) is 0 Å². The standard InChI is InChI=1S/C17H30N2O3/c1-4-18(5-2)17(21)15-8-10-19(11-9-15)16(20)13(3)22-12-14-6-7-14/h13-15H,4-12H2,1-3H3/t13-/m1/s1. The van der Waals surface area contributed by atoms with Crippen LogP contribution < -0.4 is 0 Å². The number of rotatable bonds is 7. The largest absolute Gasteiger partial charge is 0.368 e. The zero-order valence-corrected chi connectivity index (χ0v) is 14.2. The SMILES string of the molecule is CCN(CC)C(=O)C1CCN(C(=O)[C@@H](C)OCC2CC2)CC1. The zero-order valence-electron chi connectivity index (χ0n) is 14.2. The fourth-order valence-electron chi connectivity index (χ4n) is 3.03. The van der Waals surface area contributed by atoms with Crippen LogP contribution in [0.25, 0.3) is 0 Å². The lowest BCUT2D eigenvalue weighted by Gasteiger charge is -2.34. The molecule has 1 aliphatic carbocycles. The number of piperidine rings is 1. The minimum atomic E-state index is -0.351. The highest BCUT2D eigenvalue weighted by molar-refractivity contribution is 5.82. The molecule has 1 atom stereocenters. The van der Waals surface area contributed by atoms with E-state index in [1.165, 1.54) is 12.8 Å². The lowest BCUT2D eigenvalue weighted by molar-refractivity contribution is -0.147. The molecule has 0 N–H and O–H groups in total. The first-order valence-electron chi connectivity index (χ1n) is 8.75. The third-order valence-corrected chi connectivity index (χ3v) is 4.86. The molecule has 5 heteroatoms. The van der Waals surface area contributed by atoms with Crippen molar-refractivity contribution >= 4 is 11.8 Å². The van der Waals surface area contributed by atoms with Crippen molar-refractivity contribution in [3.05, 3.63) is 0 Å². The summed E-state index contributed by atoms with van der Waals surface area (Å²) in [5.74, 6) is 1.07. The van der Waals surface area contributed by atoms with Crippen molar-refractivity contribution in [2.75, 3.05) is 32.8 Å². The minimum Gasteiger partial charge on any atom is -0.368 e. The van der Waals surface area contributed by atoms with Gasteiger partial charge < -0.3 is 14.5 Å². The first-order chi connectivity index (χ1) is 10.6. The van der Waals surface area contributed by atoms with Crippen LogP contribution in [0.4, 0.5) is 0 Å². The molecular formula is C17H30N2O3. The molecule has 1 saturated heterocycles. The molecule has 5 nitrogen and oxygen atoms in total. The maximum atomic E-state index is 12.4. The maximum absolute atomic E-state index is 12.4. The van der Waals surface area contributed by atoms with Crippen LogP contribution in [0, 0.1) is 11.8 Å². The molecule has 1 saturated carbocycles. The summed E-state index contributed by atoms with van der Waals surface area (Å²) in [6.07, 6.45) is 3.67. The lowest BCUT2D eigenvalue weighted by Crippen LogP contribution is -2.47. The second-order valence-corrected chi connectivity index (χ2v) is 6.53. The van der Waals surface area contributed by atoms with Gasteiger partial charge in [-0.05, 0) is 52.4 Å². The van der Waals surface area contributed by atoms with Gasteiger partial charge >= 0.3 is 0 Å². The summed E-state index contributed by atoms with van der Waals surface area (Å²) in [4.78, 5) is 28.5. The molecular weight excluding hydrogens is 280 g/mol. The fourth-order valence-corrected chi connectivity index (χ4v) is 3.03. The highest BCUT2D eigenvalue weighted by Gasteiger charge is 2.31. The number of ether oxygens (including phenoxy) is 1. The molecule has 2 rings (SSSR count). The van der Waals surface area contributed by atoms with Gasteiger partial charge in [0, 0.05) is 32.1 Å². The second-order valence-electron chi connectivity index (χ2n) is 6.53. The quantitative estimate of drug-likeness (QED) is 0.722. The van der Waals surface area contributed by atoms with Gasteiger partial charge in [-0.3, -0.25) is 9.59 Å². The molecule has 2 aliphatic rings. The van der Waals surface area contributed by atoms with Crippen LogP contribution in [0.3, 0.4) is 0 Å². The third kappa shape index (κ3) is 4.45. The average Bonchev–Trinajstić information content (AvgIpc) is 3.37. The molecule has 1 aliphatic heterocycles. The van der Waals surface area contributed by atoms with Gasteiger partial charge in [-0.2, -0.15) is 0 Å². The predicted octanol–water partition coefficient (Wildman–Crippen LogP) is 1.91. The lowest BCUT2D eigenvalue weighted by atomic mass is 9.95. The van der Waals surface area contributed by atoms with Crippen LogP contribution in [-0.2, 0) is 14.3 Å². The van der Waals surface area contributed by atoms with Gasteiger partial charge in [0.1, 0.15) is 6.10 Å². The summed E-state index contributed by atoms with van der Waals surface area (Å²) < 4.78 is 5.66. The van der Waals surface area contributed by atoms with Crippen molar-refractivity contribution in [3.8, 4) is 0 Å². The molecule has 0 aromatic heterocycles. The van der Waals surface area contributed by atoms with Crippen molar-refractivity contribution < 1.29 is 14.3 Å². The van der Waals surface area contributed by atoms with E-state index < -0.39 is 0 Å². The molecule has 22 heavy (non-hydrogen) atoms. The molecule has 2 amide bonds. The van der Waals surface area contributed by atoms with Crippen molar-refractivity contribution in [3.63, 3.8) is 0 Å². The van der Waals surface area contributed by atoms with E-state index in [1.54, 1.807) is 0 Å². The van der Waals surface area contributed by atoms with Gasteiger partial charge in [0.25, 0.3) is 5.91 Å².